The van der Waals surface area contributed by atoms with Gasteiger partial charge in [0.2, 0.25) is 5.91 Å². The molecule has 7 nitrogen and oxygen atoms in total. The molecule has 1 aromatic heterocycles. The summed E-state index contributed by atoms with van der Waals surface area (Å²) in [5, 5.41) is 6.02. The predicted molar refractivity (Wildman–Crippen MR) is 79.4 cm³/mol. The summed E-state index contributed by atoms with van der Waals surface area (Å²) in [5.41, 5.74) is 1.75. The van der Waals surface area contributed by atoms with Crippen LogP contribution in [0.3, 0.4) is 0 Å². The Balaban J connectivity index is 1.56. The lowest BCUT2D eigenvalue weighted by Crippen LogP contribution is -2.34. The largest absolute Gasteiger partial charge is 0.368 e. The highest BCUT2D eigenvalue weighted by molar-refractivity contribution is 5.93. The molecule has 3 rings (SSSR count). The van der Waals surface area contributed by atoms with E-state index in [1.807, 2.05) is 0 Å². The van der Waals surface area contributed by atoms with Crippen molar-refractivity contribution in [2.45, 2.75) is 18.9 Å². The van der Waals surface area contributed by atoms with E-state index in [1.165, 1.54) is 0 Å². The molecule has 1 aromatic carbocycles. The van der Waals surface area contributed by atoms with Gasteiger partial charge < -0.3 is 25.3 Å². The number of carbonyl (C=O) groups excluding carboxylic acids is 1. The van der Waals surface area contributed by atoms with Crippen molar-refractivity contribution in [3.63, 3.8) is 0 Å². The Bertz CT molecular complexity index is 685. The number of aromatic amines is 2. The van der Waals surface area contributed by atoms with Gasteiger partial charge in [0.05, 0.1) is 17.1 Å². The van der Waals surface area contributed by atoms with E-state index in [0.717, 1.165) is 25.9 Å². The molecule has 1 aliphatic heterocycles. The lowest BCUT2D eigenvalue weighted by Gasteiger charge is -2.22. The molecular formula is C14H18N4O3. The quantitative estimate of drug-likeness (QED) is 0.661. The fourth-order valence-electron chi connectivity index (χ4n) is 2.46. The first-order valence-electron chi connectivity index (χ1n) is 7.05. The molecule has 1 saturated heterocycles. The van der Waals surface area contributed by atoms with Crippen LogP contribution in [0.2, 0.25) is 0 Å². The molecule has 1 amide bonds. The van der Waals surface area contributed by atoms with Crippen LogP contribution in [-0.4, -0.2) is 41.7 Å². The van der Waals surface area contributed by atoms with Crippen molar-refractivity contribution in [2.24, 2.45) is 0 Å². The van der Waals surface area contributed by atoms with Gasteiger partial charge in [-0.15, -0.1) is 0 Å². The fraction of sp³-hybridized carbons (Fsp3) is 0.429. The van der Waals surface area contributed by atoms with Gasteiger partial charge in [-0.2, -0.15) is 0 Å². The second kappa shape index (κ2) is 6.11. The van der Waals surface area contributed by atoms with Gasteiger partial charge in [0, 0.05) is 5.69 Å². The average Bonchev–Trinajstić information content (AvgIpc) is 2.85. The molecule has 0 bridgehead atoms. The molecule has 2 aromatic rings. The number of carbonyl (C=O) groups is 1. The first-order chi connectivity index (χ1) is 10.2. The smallest absolute Gasteiger partial charge is 0.323 e. The maximum absolute atomic E-state index is 11.9. The summed E-state index contributed by atoms with van der Waals surface area (Å²) in [5.74, 6) is -0.189. The van der Waals surface area contributed by atoms with Crippen molar-refractivity contribution < 1.29 is 9.53 Å². The van der Waals surface area contributed by atoms with Crippen LogP contribution < -0.4 is 16.3 Å². The van der Waals surface area contributed by atoms with Gasteiger partial charge in [-0.3, -0.25) is 4.79 Å². The average molecular weight is 290 g/mol. The molecule has 1 fully saturated rings. The number of hydrogen-bond acceptors (Lipinski definition) is 4. The first-order valence-corrected chi connectivity index (χ1v) is 7.05. The van der Waals surface area contributed by atoms with Gasteiger partial charge >= 0.3 is 5.69 Å². The summed E-state index contributed by atoms with van der Waals surface area (Å²) < 4.78 is 5.59. The van der Waals surface area contributed by atoms with Crippen molar-refractivity contribution in [1.29, 1.82) is 0 Å². The third-order valence-corrected chi connectivity index (χ3v) is 3.54. The van der Waals surface area contributed by atoms with E-state index in [-0.39, 0.29) is 24.3 Å². The maximum atomic E-state index is 11.9. The number of rotatable bonds is 4. The number of benzene rings is 1. The van der Waals surface area contributed by atoms with Gasteiger partial charge in [0.15, 0.2) is 0 Å². The molecule has 0 saturated carbocycles. The Kier molecular flexibility index (Phi) is 4.03. The second-order valence-corrected chi connectivity index (χ2v) is 5.15. The van der Waals surface area contributed by atoms with E-state index in [2.05, 4.69) is 20.6 Å². The number of piperidine rings is 1. The number of anilines is 1. The summed E-state index contributed by atoms with van der Waals surface area (Å²) in [4.78, 5) is 28.3. The monoisotopic (exact) mass is 290 g/mol. The van der Waals surface area contributed by atoms with Crippen LogP contribution in [0, 0.1) is 0 Å². The number of H-pyrrole nitrogens is 2. The number of fused-ring (bicyclic) bond motifs is 1. The SMILES string of the molecule is O=C(COC1CCNCC1)Nc1ccc2[nH]c(=O)[nH]c2c1. The summed E-state index contributed by atoms with van der Waals surface area (Å²) in [6.45, 7) is 1.92. The lowest BCUT2D eigenvalue weighted by molar-refractivity contribution is -0.123. The van der Waals surface area contributed by atoms with Gasteiger partial charge in [-0.25, -0.2) is 4.79 Å². The minimum atomic E-state index is -0.261. The van der Waals surface area contributed by atoms with E-state index in [9.17, 15) is 9.59 Å². The van der Waals surface area contributed by atoms with Crippen LogP contribution in [0.4, 0.5) is 5.69 Å². The normalized spacial score (nSPS) is 16.2. The molecule has 0 atom stereocenters. The zero-order valence-electron chi connectivity index (χ0n) is 11.6. The molecule has 1 aliphatic rings. The summed E-state index contributed by atoms with van der Waals surface area (Å²) >= 11 is 0. The molecule has 7 heteroatoms. The topological polar surface area (TPSA) is 99.0 Å². The van der Waals surface area contributed by atoms with Crippen molar-refractivity contribution >= 4 is 22.6 Å². The van der Waals surface area contributed by atoms with Gasteiger partial charge in [0.1, 0.15) is 6.61 Å². The predicted octanol–water partition coefficient (Wildman–Crippen LogP) is 0.563. The molecule has 0 radical (unpaired) electrons. The zero-order valence-corrected chi connectivity index (χ0v) is 11.6. The minimum Gasteiger partial charge on any atom is -0.368 e. The van der Waals surface area contributed by atoms with E-state index >= 15 is 0 Å². The summed E-state index contributed by atoms with van der Waals surface area (Å²) in [6.07, 6.45) is 2.02. The third kappa shape index (κ3) is 3.50. The standard InChI is InChI=1S/C14H18N4O3/c19-13(8-21-10-3-5-15-6-4-10)16-9-1-2-11-12(7-9)18-14(20)17-11/h1-2,7,10,15H,3-6,8H2,(H,16,19)(H2,17,18,20). The number of aromatic nitrogens is 2. The molecule has 2 heterocycles. The van der Waals surface area contributed by atoms with Crippen LogP contribution in [0.25, 0.3) is 11.0 Å². The van der Waals surface area contributed by atoms with E-state index in [1.54, 1.807) is 18.2 Å². The highest BCUT2D eigenvalue weighted by Gasteiger charge is 2.14. The Labute approximate surface area is 121 Å². The molecule has 112 valence electrons. The number of hydrogen-bond donors (Lipinski definition) is 4. The summed E-state index contributed by atoms with van der Waals surface area (Å²) in [7, 11) is 0. The van der Waals surface area contributed by atoms with Crippen LogP contribution in [0.1, 0.15) is 12.8 Å². The van der Waals surface area contributed by atoms with Gasteiger partial charge in [-0.05, 0) is 44.1 Å². The van der Waals surface area contributed by atoms with Crippen molar-refractivity contribution in [1.82, 2.24) is 15.3 Å². The minimum absolute atomic E-state index is 0.0480. The van der Waals surface area contributed by atoms with E-state index < -0.39 is 0 Å². The van der Waals surface area contributed by atoms with Crippen LogP contribution in [0.5, 0.6) is 0 Å². The van der Waals surface area contributed by atoms with Crippen LogP contribution in [-0.2, 0) is 9.53 Å². The Morgan fingerprint density at radius 3 is 2.81 bits per heavy atom. The second-order valence-electron chi connectivity index (χ2n) is 5.15. The summed E-state index contributed by atoms with van der Waals surface area (Å²) in [6, 6.07) is 5.21. The van der Waals surface area contributed by atoms with Crippen LogP contribution >= 0.6 is 0 Å². The lowest BCUT2D eigenvalue weighted by atomic mass is 10.1. The Morgan fingerprint density at radius 2 is 2.00 bits per heavy atom. The van der Waals surface area contributed by atoms with Crippen LogP contribution in [0.15, 0.2) is 23.0 Å². The fourth-order valence-corrected chi connectivity index (χ4v) is 2.46. The number of amides is 1. The molecular weight excluding hydrogens is 272 g/mol. The maximum Gasteiger partial charge on any atom is 0.323 e. The van der Waals surface area contributed by atoms with E-state index in [4.69, 9.17) is 4.74 Å². The number of ether oxygens (including phenoxy) is 1. The van der Waals surface area contributed by atoms with Gasteiger partial charge in [0.25, 0.3) is 0 Å². The molecule has 0 spiro atoms. The Morgan fingerprint density at radius 1 is 1.24 bits per heavy atom. The zero-order chi connectivity index (χ0) is 14.7. The van der Waals surface area contributed by atoms with Crippen molar-refractivity contribution in [3.8, 4) is 0 Å². The number of imidazole rings is 1. The van der Waals surface area contributed by atoms with Gasteiger partial charge in [-0.1, -0.05) is 0 Å². The highest BCUT2D eigenvalue weighted by Crippen LogP contribution is 2.14. The molecule has 4 N–H and O–H groups in total. The first kappa shape index (κ1) is 13.8. The van der Waals surface area contributed by atoms with Crippen molar-refractivity contribution in [2.75, 3.05) is 25.0 Å². The van der Waals surface area contributed by atoms with Crippen molar-refractivity contribution in [3.05, 3.63) is 28.7 Å². The van der Waals surface area contributed by atoms with E-state index in [0.29, 0.717) is 16.7 Å². The Hall–Kier alpha value is -2.12. The molecule has 21 heavy (non-hydrogen) atoms. The highest BCUT2D eigenvalue weighted by atomic mass is 16.5. The third-order valence-electron chi connectivity index (χ3n) is 3.54. The molecule has 0 unspecified atom stereocenters. The number of nitrogens with one attached hydrogen (secondary N) is 4. The molecule has 0 aliphatic carbocycles.